The van der Waals surface area contributed by atoms with E-state index < -0.39 is 0 Å². The number of rotatable bonds is 4. The zero-order valence-corrected chi connectivity index (χ0v) is 12.1. The second-order valence-corrected chi connectivity index (χ2v) is 6.27. The van der Waals surface area contributed by atoms with Crippen LogP contribution in [-0.4, -0.2) is 6.54 Å². The Bertz CT molecular complexity index is 390. The molecule has 100 valence electrons. The van der Waals surface area contributed by atoms with Gasteiger partial charge in [0.2, 0.25) is 0 Å². The Balaban J connectivity index is 2.21. The Morgan fingerprint density at radius 3 is 2.44 bits per heavy atom. The van der Waals surface area contributed by atoms with Crippen molar-refractivity contribution in [1.82, 2.24) is 0 Å². The van der Waals surface area contributed by atoms with E-state index in [0.717, 1.165) is 12.5 Å². The number of aryl methyl sites for hydroxylation is 2. The topological polar surface area (TPSA) is 26.0 Å². The van der Waals surface area contributed by atoms with Crippen LogP contribution in [0.3, 0.4) is 0 Å². The van der Waals surface area contributed by atoms with E-state index in [0.29, 0.717) is 5.41 Å². The lowest BCUT2D eigenvalue weighted by molar-refractivity contribution is 0.290. The van der Waals surface area contributed by atoms with Gasteiger partial charge >= 0.3 is 0 Å². The number of nitrogens with two attached hydrogens (primary N) is 1. The normalized spacial score (nSPS) is 27.7. The molecule has 0 aliphatic heterocycles. The fourth-order valence-corrected chi connectivity index (χ4v) is 3.60. The van der Waals surface area contributed by atoms with Crippen LogP contribution in [0.1, 0.15) is 49.3 Å². The molecular weight excluding hydrogens is 218 g/mol. The Morgan fingerprint density at radius 1 is 1.28 bits per heavy atom. The smallest absolute Gasteiger partial charge is 0.00172 e. The van der Waals surface area contributed by atoms with E-state index in [1.165, 1.54) is 43.2 Å². The largest absolute Gasteiger partial charge is 0.330 e. The lowest BCUT2D eigenvalue weighted by atomic mass is 9.77. The molecule has 0 spiro atoms. The first-order valence-corrected chi connectivity index (χ1v) is 7.35. The fraction of sp³-hybridized carbons (Fsp3) is 0.647. The van der Waals surface area contributed by atoms with Crippen molar-refractivity contribution in [3.8, 4) is 0 Å². The quantitative estimate of drug-likeness (QED) is 0.852. The van der Waals surface area contributed by atoms with Crippen LogP contribution in [0.25, 0.3) is 0 Å². The highest BCUT2D eigenvalue weighted by molar-refractivity contribution is 5.34. The first kappa shape index (κ1) is 13.6. The molecule has 2 rings (SSSR count). The first-order chi connectivity index (χ1) is 8.60. The minimum Gasteiger partial charge on any atom is -0.330 e. The van der Waals surface area contributed by atoms with Crippen LogP contribution in [0.15, 0.2) is 18.2 Å². The third kappa shape index (κ3) is 2.61. The Hall–Kier alpha value is -0.820. The molecule has 1 aliphatic rings. The van der Waals surface area contributed by atoms with Gasteiger partial charge in [-0.1, -0.05) is 31.5 Å². The molecule has 1 aromatic rings. The highest BCUT2D eigenvalue weighted by Gasteiger charge is 2.37. The molecule has 1 aromatic carbocycles. The summed E-state index contributed by atoms with van der Waals surface area (Å²) in [6, 6.07) is 6.63. The van der Waals surface area contributed by atoms with E-state index in [9.17, 15) is 0 Å². The molecule has 1 saturated carbocycles. The number of hydrogen-bond acceptors (Lipinski definition) is 1. The molecule has 0 saturated heterocycles. The maximum atomic E-state index is 6.13. The lowest BCUT2D eigenvalue weighted by Crippen LogP contribution is -2.30. The van der Waals surface area contributed by atoms with Crippen LogP contribution in [-0.2, 0) is 6.42 Å². The SMILES string of the molecule is CCC1CCC(CN)(Cc2c(C)cccc2C)C1. The van der Waals surface area contributed by atoms with Crippen molar-refractivity contribution in [2.24, 2.45) is 17.1 Å². The molecule has 1 nitrogen and oxygen atoms in total. The van der Waals surface area contributed by atoms with Gasteiger partial charge in [-0.3, -0.25) is 0 Å². The summed E-state index contributed by atoms with van der Waals surface area (Å²) in [4.78, 5) is 0. The van der Waals surface area contributed by atoms with Crippen LogP contribution in [0.2, 0.25) is 0 Å². The Kier molecular flexibility index (Phi) is 4.11. The summed E-state index contributed by atoms with van der Waals surface area (Å²) in [5.74, 6) is 0.901. The third-order valence-electron chi connectivity index (χ3n) is 5.01. The fourth-order valence-electron chi connectivity index (χ4n) is 3.60. The summed E-state index contributed by atoms with van der Waals surface area (Å²) in [6.45, 7) is 7.63. The van der Waals surface area contributed by atoms with Crippen molar-refractivity contribution < 1.29 is 0 Å². The molecule has 0 bridgehead atoms. The minimum atomic E-state index is 0.373. The third-order valence-corrected chi connectivity index (χ3v) is 5.01. The van der Waals surface area contributed by atoms with E-state index in [1.807, 2.05) is 0 Å². The van der Waals surface area contributed by atoms with Gasteiger partial charge in [0.25, 0.3) is 0 Å². The molecule has 2 N–H and O–H groups in total. The summed E-state index contributed by atoms with van der Waals surface area (Å²) in [5.41, 5.74) is 10.9. The Morgan fingerprint density at radius 2 is 1.94 bits per heavy atom. The summed E-state index contributed by atoms with van der Waals surface area (Å²) in [7, 11) is 0. The van der Waals surface area contributed by atoms with Crippen molar-refractivity contribution >= 4 is 0 Å². The van der Waals surface area contributed by atoms with Gasteiger partial charge in [0, 0.05) is 0 Å². The van der Waals surface area contributed by atoms with E-state index in [4.69, 9.17) is 5.73 Å². The minimum absolute atomic E-state index is 0.373. The van der Waals surface area contributed by atoms with Gasteiger partial charge in [-0.05, 0) is 74.1 Å². The predicted molar refractivity (Wildman–Crippen MR) is 78.7 cm³/mol. The molecule has 0 aromatic heterocycles. The number of hydrogen-bond donors (Lipinski definition) is 1. The molecule has 0 heterocycles. The van der Waals surface area contributed by atoms with E-state index in [2.05, 4.69) is 39.0 Å². The van der Waals surface area contributed by atoms with Gasteiger partial charge in [0.1, 0.15) is 0 Å². The summed E-state index contributed by atoms with van der Waals surface area (Å²) >= 11 is 0. The van der Waals surface area contributed by atoms with Crippen LogP contribution in [0.5, 0.6) is 0 Å². The second kappa shape index (κ2) is 5.44. The number of benzene rings is 1. The summed E-state index contributed by atoms with van der Waals surface area (Å²) in [5, 5.41) is 0. The van der Waals surface area contributed by atoms with Crippen LogP contribution in [0, 0.1) is 25.2 Å². The molecule has 1 fully saturated rings. The maximum absolute atomic E-state index is 6.13. The second-order valence-electron chi connectivity index (χ2n) is 6.27. The van der Waals surface area contributed by atoms with Gasteiger partial charge in [-0.2, -0.15) is 0 Å². The highest BCUT2D eigenvalue weighted by Crippen LogP contribution is 2.45. The maximum Gasteiger partial charge on any atom is -0.00172 e. The summed E-state index contributed by atoms with van der Waals surface area (Å²) in [6.07, 6.45) is 6.51. The molecule has 1 heteroatoms. The van der Waals surface area contributed by atoms with Crippen molar-refractivity contribution in [3.63, 3.8) is 0 Å². The molecule has 1 aliphatic carbocycles. The Labute approximate surface area is 112 Å². The van der Waals surface area contributed by atoms with E-state index in [-0.39, 0.29) is 0 Å². The lowest BCUT2D eigenvalue weighted by Gasteiger charge is -2.29. The zero-order chi connectivity index (χ0) is 13.2. The van der Waals surface area contributed by atoms with Gasteiger partial charge < -0.3 is 5.73 Å². The van der Waals surface area contributed by atoms with Crippen molar-refractivity contribution in [2.45, 2.75) is 52.9 Å². The molecule has 0 radical (unpaired) electrons. The van der Waals surface area contributed by atoms with Gasteiger partial charge in [-0.15, -0.1) is 0 Å². The van der Waals surface area contributed by atoms with Crippen LogP contribution >= 0.6 is 0 Å². The highest BCUT2D eigenvalue weighted by atomic mass is 14.6. The average molecular weight is 245 g/mol. The first-order valence-electron chi connectivity index (χ1n) is 7.35. The standard InChI is InChI=1S/C17H27N/c1-4-15-8-9-17(10-15,12-18)11-16-13(2)6-5-7-14(16)3/h5-7,15H,4,8-12,18H2,1-3H3. The van der Waals surface area contributed by atoms with Crippen molar-refractivity contribution in [1.29, 1.82) is 0 Å². The van der Waals surface area contributed by atoms with E-state index in [1.54, 1.807) is 5.56 Å². The van der Waals surface area contributed by atoms with Crippen molar-refractivity contribution in [2.75, 3.05) is 6.54 Å². The van der Waals surface area contributed by atoms with Crippen LogP contribution < -0.4 is 5.73 Å². The summed E-state index contributed by atoms with van der Waals surface area (Å²) < 4.78 is 0. The van der Waals surface area contributed by atoms with Gasteiger partial charge in [0.05, 0.1) is 0 Å². The predicted octanol–water partition coefficient (Wildman–Crippen LogP) is 4.00. The molecular formula is C17H27N. The van der Waals surface area contributed by atoms with Crippen molar-refractivity contribution in [3.05, 3.63) is 34.9 Å². The molecule has 2 atom stereocenters. The molecule has 18 heavy (non-hydrogen) atoms. The van der Waals surface area contributed by atoms with E-state index >= 15 is 0 Å². The molecule has 0 amide bonds. The average Bonchev–Trinajstić information content (AvgIpc) is 2.78. The zero-order valence-electron chi connectivity index (χ0n) is 12.1. The monoisotopic (exact) mass is 245 g/mol. The van der Waals surface area contributed by atoms with Crippen LogP contribution in [0.4, 0.5) is 0 Å². The molecule has 2 unspecified atom stereocenters. The van der Waals surface area contributed by atoms with Gasteiger partial charge in [0.15, 0.2) is 0 Å². The van der Waals surface area contributed by atoms with Gasteiger partial charge in [-0.25, -0.2) is 0 Å².